The number of hydrogen-bond acceptors (Lipinski definition) is 6. The van der Waals surface area contributed by atoms with Gasteiger partial charge >= 0.3 is 0 Å². The van der Waals surface area contributed by atoms with E-state index in [0.717, 1.165) is 36.0 Å². The van der Waals surface area contributed by atoms with E-state index in [0.29, 0.717) is 24.2 Å². The Labute approximate surface area is 215 Å². The summed E-state index contributed by atoms with van der Waals surface area (Å²) in [5.41, 5.74) is 2.80. The summed E-state index contributed by atoms with van der Waals surface area (Å²) in [6, 6.07) is 7.21. The Morgan fingerprint density at radius 2 is 1.31 bits per heavy atom. The molecule has 6 nitrogen and oxygen atoms in total. The molecule has 0 N–H and O–H groups in total. The molecular weight excluding hydrogens is 475 g/mol. The molecule has 36 heavy (non-hydrogen) atoms. The van der Waals surface area contributed by atoms with Crippen LogP contribution < -0.4 is 14.2 Å². The molecule has 1 fully saturated rings. The quantitative estimate of drug-likeness (QED) is 0.275. The van der Waals surface area contributed by atoms with Crippen molar-refractivity contribution in [3.8, 4) is 17.2 Å². The van der Waals surface area contributed by atoms with E-state index in [1.807, 2.05) is 26.0 Å². The predicted molar refractivity (Wildman–Crippen MR) is 143 cm³/mol. The van der Waals surface area contributed by atoms with Crippen LogP contribution in [0.2, 0.25) is 0 Å². The van der Waals surface area contributed by atoms with Crippen molar-refractivity contribution in [1.82, 2.24) is 0 Å². The van der Waals surface area contributed by atoms with Gasteiger partial charge in [-0.05, 0) is 48.8 Å². The van der Waals surface area contributed by atoms with Gasteiger partial charge in [0.1, 0.15) is 28.0 Å². The van der Waals surface area contributed by atoms with Crippen molar-refractivity contribution in [3.63, 3.8) is 0 Å². The molecule has 1 aliphatic carbocycles. The first-order chi connectivity index (χ1) is 16.9. The molecule has 1 atom stereocenters. The lowest BCUT2D eigenvalue weighted by Gasteiger charge is -2.35. The Bertz CT molecular complexity index is 1140. The van der Waals surface area contributed by atoms with E-state index in [-0.39, 0.29) is 28.3 Å². The molecule has 0 spiro atoms. The van der Waals surface area contributed by atoms with Crippen molar-refractivity contribution in [3.05, 3.63) is 52.1 Å². The van der Waals surface area contributed by atoms with Crippen molar-refractivity contribution in [2.75, 3.05) is 21.3 Å². The highest BCUT2D eigenvalue weighted by Gasteiger charge is 2.50. The minimum atomic E-state index is -2.58. The van der Waals surface area contributed by atoms with E-state index >= 15 is 0 Å². The summed E-state index contributed by atoms with van der Waals surface area (Å²) in [5.74, 6) is 0.663. The number of ether oxygens (including phenoxy) is 3. The number of ketones is 1. The number of rotatable bonds is 8. The zero-order chi connectivity index (χ0) is 26.8. The summed E-state index contributed by atoms with van der Waals surface area (Å²) in [5, 5.41) is -1.32. The standard InChI is InChI=1S/C29H38O6P/c1-18-14-20(28(3,4)5)15-19(2)24(18)27(31)36(32)29(12-10-9-11-13-29)26(30)25-22(34-7)16-21(33-6)17-23(25)35-8/h14-17H,9-13H2,1-8H3. The zero-order valence-electron chi connectivity index (χ0n) is 22.7. The third-order valence-electron chi connectivity index (χ3n) is 7.23. The lowest BCUT2D eigenvalue weighted by molar-refractivity contribution is 0.0897. The molecule has 0 aromatic heterocycles. The first-order valence-electron chi connectivity index (χ1n) is 12.4. The summed E-state index contributed by atoms with van der Waals surface area (Å²) in [6.45, 7) is 10.1. The summed E-state index contributed by atoms with van der Waals surface area (Å²) >= 11 is 0. The molecule has 0 bridgehead atoms. The number of methoxy groups -OCH3 is 3. The van der Waals surface area contributed by atoms with Gasteiger partial charge in [0.2, 0.25) is 5.52 Å². The molecule has 3 rings (SSSR count). The second-order valence-corrected chi connectivity index (χ2v) is 12.5. The fraction of sp³-hybridized carbons (Fsp3) is 0.517. The highest BCUT2D eigenvalue weighted by atomic mass is 31.1. The average molecular weight is 514 g/mol. The Morgan fingerprint density at radius 3 is 1.72 bits per heavy atom. The van der Waals surface area contributed by atoms with Gasteiger partial charge in [0.25, 0.3) is 0 Å². The van der Waals surface area contributed by atoms with Crippen LogP contribution in [0.15, 0.2) is 24.3 Å². The molecule has 7 heteroatoms. The van der Waals surface area contributed by atoms with Gasteiger partial charge in [0, 0.05) is 17.7 Å². The molecule has 0 heterocycles. The lowest BCUT2D eigenvalue weighted by atomic mass is 9.82. The Morgan fingerprint density at radius 1 is 0.806 bits per heavy atom. The Kier molecular flexibility index (Phi) is 8.30. The van der Waals surface area contributed by atoms with Crippen LogP contribution in [0.4, 0.5) is 0 Å². The Balaban J connectivity index is 2.15. The second kappa shape index (κ2) is 10.7. The van der Waals surface area contributed by atoms with Gasteiger partial charge in [-0.15, -0.1) is 0 Å². The van der Waals surface area contributed by atoms with Gasteiger partial charge in [-0.2, -0.15) is 0 Å². The fourth-order valence-corrected chi connectivity index (χ4v) is 7.11. The van der Waals surface area contributed by atoms with Crippen LogP contribution >= 0.6 is 7.80 Å². The third-order valence-corrected chi connectivity index (χ3v) is 9.25. The normalized spacial score (nSPS) is 15.7. The largest absolute Gasteiger partial charge is 0.496 e. The summed E-state index contributed by atoms with van der Waals surface area (Å²) in [6.07, 6.45) is 3.14. The van der Waals surface area contributed by atoms with Crippen molar-refractivity contribution in [1.29, 1.82) is 0 Å². The molecule has 0 aliphatic heterocycles. The molecule has 0 amide bonds. The van der Waals surface area contributed by atoms with Crippen molar-refractivity contribution < 1.29 is 28.4 Å². The van der Waals surface area contributed by atoms with Crippen LogP contribution in [0.25, 0.3) is 0 Å². The van der Waals surface area contributed by atoms with Gasteiger partial charge < -0.3 is 14.2 Å². The molecule has 1 unspecified atom stereocenters. The van der Waals surface area contributed by atoms with Gasteiger partial charge in [-0.3, -0.25) is 14.2 Å². The van der Waals surface area contributed by atoms with Crippen LogP contribution in [-0.2, 0) is 9.98 Å². The van der Waals surface area contributed by atoms with Crippen LogP contribution in [0, 0.1) is 13.8 Å². The molecular formula is C29H38O6P. The molecule has 2 aromatic rings. The number of aryl methyl sites for hydroxylation is 2. The van der Waals surface area contributed by atoms with Crippen LogP contribution in [0.1, 0.15) is 90.3 Å². The molecule has 1 aliphatic rings. The highest BCUT2D eigenvalue weighted by Crippen LogP contribution is 2.55. The topological polar surface area (TPSA) is 78.9 Å². The first kappa shape index (κ1) is 27.9. The molecule has 1 saturated carbocycles. The second-order valence-electron chi connectivity index (χ2n) is 10.7. The number of Topliss-reactive ketones (excluding diaryl/α,β-unsaturated/α-hetero) is 1. The maximum absolute atomic E-state index is 14.3. The van der Waals surface area contributed by atoms with E-state index in [1.165, 1.54) is 21.3 Å². The molecule has 195 valence electrons. The minimum Gasteiger partial charge on any atom is -0.496 e. The minimum absolute atomic E-state index is 0.0820. The monoisotopic (exact) mass is 513 g/mol. The van der Waals surface area contributed by atoms with Crippen LogP contribution in [0.5, 0.6) is 17.2 Å². The van der Waals surface area contributed by atoms with E-state index in [2.05, 4.69) is 20.8 Å². The molecule has 2 aromatic carbocycles. The van der Waals surface area contributed by atoms with Crippen molar-refractivity contribution >= 4 is 19.1 Å². The van der Waals surface area contributed by atoms with Crippen LogP contribution in [-0.4, -0.2) is 37.8 Å². The number of benzene rings is 2. The highest BCUT2D eigenvalue weighted by molar-refractivity contribution is 7.67. The third kappa shape index (κ3) is 5.06. The van der Waals surface area contributed by atoms with E-state index < -0.39 is 18.5 Å². The van der Waals surface area contributed by atoms with E-state index in [9.17, 15) is 14.2 Å². The maximum atomic E-state index is 14.3. The summed E-state index contributed by atoms with van der Waals surface area (Å²) in [7, 11) is 1.87. The smallest absolute Gasteiger partial charge is 0.243 e. The van der Waals surface area contributed by atoms with Gasteiger partial charge in [0.15, 0.2) is 13.6 Å². The number of hydrogen-bond donors (Lipinski definition) is 0. The zero-order valence-corrected chi connectivity index (χ0v) is 23.6. The van der Waals surface area contributed by atoms with Gasteiger partial charge in [-0.25, -0.2) is 0 Å². The van der Waals surface area contributed by atoms with Crippen molar-refractivity contribution in [2.45, 2.75) is 77.3 Å². The SMILES string of the molecule is COc1cc(OC)c(C(=O)C2([P](=O)C(=O)c3c(C)cc(C(C)(C)C)cc3C)CCCCC2)c(OC)c1. The maximum Gasteiger partial charge on any atom is 0.243 e. The molecule has 1 radical (unpaired) electrons. The Hall–Kier alpha value is -2.72. The van der Waals surface area contributed by atoms with Gasteiger partial charge in [0.05, 0.1) is 21.3 Å². The first-order valence-corrected chi connectivity index (χ1v) is 13.7. The molecule has 0 saturated heterocycles. The van der Waals surface area contributed by atoms with Gasteiger partial charge in [-0.1, -0.05) is 52.2 Å². The van der Waals surface area contributed by atoms with Crippen LogP contribution in [0.3, 0.4) is 0 Å². The number of carbonyl (C=O) groups excluding carboxylic acids is 2. The van der Waals surface area contributed by atoms with Crippen molar-refractivity contribution in [2.24, 2.45) is 0 Å². The summed E-state index contributed by atoms with van der Waals surface area (Å²) < 4.78 is 30.6. The fourth-order valence-electron chi connectivity index (χ4n) is 5.15. The summed E-state index contributed by atoms with van der Waals surface area (Å²) in [4.78, 5) is 28.2. The predicted octanol–water partition coefficient (Wildman–Crippen LogP) is 7.18. The van der Waals surface area contributed by atoms with E-state index in [1.54, 1.807) is 12.1 Å². The van der Waals surface area contributed by atoms with E-state index in [4.69, 9.17) is 14.2 Å². The number of carbonyl (C=O) groups is 2. The lowest BCUT2D eigenvalue weighted by Crippen LogP contribution is -2.39. The average Bonchev–Trinajstić information content (AvgIpc) is 2.86.